The third-order valence-corrected chi connectivity index (χ3v) is 1.88. The van der Waals surface area contributed by atoms with Gasteiger partial charge in [-0.15, -0.1) is 4.40 Å². The summed E-state index contributed by atoms with van der Waals surface area (Å²) in [6, 6.07) is 0. The van der Waals surface area contributed by atoms with Crippen molar-refractivity contribution in [3.63, 3.8) is 0 Å². The molecule has 1 atom stereocenters. The number of amidine groups is 1. The predicted octanol–water partition coefficient (Wildman–Crippen LogP) is -1.57. The van der Waals surface area contributed by atoms with Crippen LogP contribution in [0, 0.1) is 0 Å². The smallest absolute Gasteiger partial charge is 0.300 e. The van der Waals surface area contributed by atoms with E-state index in [9.17, 15) is 9.00 Å². The summed E-state index contributed by atoms with van der Waals surface area (Å²) in [5.74, 6) is -2.23. The zero-order valence-electron chi connectivity index (χ0n) is 14.0. The van der Waals surface area contributed by atoms with Crippen LogP contribution in [0.4, 0.5) is 0 Å². The summed E-state index contributed by atoms with van der Waals surface area (Å²) in [6.07, 6.45) is 0. The van der Waals surface area contributed by atoms with Gasteiger partial charge in [-0.1, -0.05) is 0 Å². The molecular weight excluding hydrogens is 194 g/mol. The summed E-state index contributed by atoms with van der Waals surface area (Å²) < 4.78 is 80.8. The Morgan fingerprint density at radius 3 is 2.85 bits per heavy atom. The average molecular weight is 211 g/mol. The van der Waals surface area contributed by atoms with Crippen molar-refractivity contribution in [1.29, 1.82) is 0 Å². The number of nitrogens with one attached hydrogen (secondary N) is 1. The molecule has 72 valence electrons. The van der Waals surface area contributed by atoms with Crippen LogP contribution in [0.25, 0.3) is 0 Å². The third kappa shape index (κ3) is 1.70. The second kappa shape index (κ2) is 3.43. The van der Waals surface area contributed by atoms with Gasteiger partial charge in [0.05, 0.1) is 24.1 Å². The van der Waals surface area contributed by atoms with E-state index in [1.54, 1.807) is 4.72 Å². The van der Waals surface area contributed by atoms with Gasteiger partial charge in [0.1, 0.15) is 0 Å². The SMILES string of the molecule is [2H]C1([2H])OC([2H])([2H])C([2H])([2H])N(C2=NS(=O)NC2=O)C1([2H])[2H]. The van der Waals surface area contributed by atoms with Crippen LogP contribution in [0.3, 0.4) is 0 Å². The van der Waals surface area contributed by atoms with E-state index >= 15 is 0 Å². The Morgan fingerprint density at radius 1 is 1.62 bits per heavy atom. The minimum atomic E-state index is -3.30. The van der Waals surface area contributed by atoms with Gasteiger partial charge in [-0.05, 0) is 0 Å². The van der Waals surface area contributed by atoms with Gasteiger partial charge in [0.2, 0.25) is 17.0 Å². The minimum Gasteiger partial charge on any atom is -0.378 e. The number of carbonyl (C=O) groups excluding carboxylic acids is 1. The molecule has 0 bridgehead atoms. The standard InChI is InChI=1S/C6H9N3O3S/c10-6-5(7-13(11)8-6)9-1-3-12-4-2-9/h1-4H2,(H,8,10)/i1D2,2D2,3D2,4D2. The normalized spacial score (nSPS) is 53.2. The van der Waals surface area contributed by atoms with Gasteiger partial charge >= 0.3 is 5.91 Å². The molecule has 7 heteroatoms. The highest BCUT2D eigenvalue weighted by Gasteiger charge is 2.28. The Morgan fingerprint density at radius 2 is 2.31 bits per heavy atom. The number of rotatable bonds is 0. The molecule has 0 aromatic rings. The summed E-state index contributed by atoms with van der Waals surface area (Å²) in [5.41, 5.74) is 0. The van der Waals surface area contributed by atoms with Crippen molar-refractivity contribution < 1.29 is 24.7 Å². The highest BCUT2D eigenvalue weighted by molar-refractivity contribution is 7.83. The molecule has 0 aromatic heterocycles. The first kappa shape index (κ1) is 3.32. The van der Waals surface area contributed by atoms with E-state index in [4.69, 9.17) is 11.0 Å². The van der Waals surface area contributed by atoms with Crippen molar-refractivity contribution in [1.82, 2.24) is 9.62 Å². The number of nitrogens with zero attached hydrogens (tertiary/aromatic N) is 2. The molecule has 2 rings (SSSR count). The molecule has 0 aromatic carbocycles. The van der Waals surface area contributed by atoms with Crippen LogP contribution in [0.5, 0.6) is 0 Å². The van der Waals surface area contributed by atoms with E-state index in [1.165, 1.54) is 0 Å². The lowest BCUT2D eigenvalue weighted by atomic mass is 10.4. The molecule has 2 aliphatic rings. The first-order valence-electron chi connectivity index (χ1n) is 7.06. The summed E-state index contributed by atoms with van der Waals surface area (Å²) in [4.78, 5) is 11.5. The van der Waals surface area contributed by atoms with Crippen LogP contribution in [-0.4, -0.2) is 47.0 Å². The molecule has 2 aliphatic heterocycles. The first-order chi connectivity index (χ1) is 9.24. The average Bonchev–Trinajstić information content (AvgIpc) is 2.53. The molecular formula is C6H9N3O3S. The van der Waals surface area contributed by atoms with Crippen molar-refractivity contribution in [2.75, 3.05) is 26.1 Å². The molecule has 0 radical (unpaired) electrons. The largest absolute Gasteiger partial charge is 0.378 e. The lowest BCUT2D eigenvalue weighted by molar-refractivity contribution is -0.113. The van der Waals surface area contributed by atoms with E-state index in [-0.39, 0.29) is 4.90 Å². The van der Waals surface area contributed by atoms with Crippen LogP contribution >= 0.6 is 0 Å². The highest BCUT2D eigenvalue weighted by atomic mass is 32.2. The summed E-state index contributed by atoms with van der Waals surface area (Å²) >= 11 is -2.27. The van der Waals surface area contributed by atoms with Crippen LogP contribution in [-0.2, 0) is 20.7 Å². The molecule has 0 aliphatic carbocycles. The van der Waals surface area contributed by atoms with Gasteiger partial charge in [0, 0.05) is 13.0 Å². The molecule has 13 heavy (non-hydrogen) atoms. The maximum Gasteiger partial charge on any atom is 0.300 e. The van der Waals surface area contributed by atoms with Crippen LogP contribution < -0.4 is 4.72 Å². The molecule has 1 unspecified atom stereocenters. The fraction of sp³-hybridized carbons (Fsp3) is 0.667. The van der Waals surface area contributed by atoms with Gasteiger partial charge in [-0.25, -0.2) is 8.93 Å². The van der Waals surface area contributed by atoms with Gasteiger partial charge < -0.3 is 9.64 Å². The molecule has 1 amide bonds. The van der Waals surface area contributed by atoms with Gasteiger partial charge in [0.25, 0.3) is 0 Å². The van der Waals surface area contributed by atoms with Gasteiger partial charge in [-0.2, -0.15) is 0 Å². The fourth-order valence-corrected chi connectivity index (χ4v) is 1.32. The summed E-state index contributed by atoms with van der Waals surface area (Å²) in [5, 5.41) is 0. The number of ether oxygens (including phenoxy) is 1. The summed E-state index contributed by atoms with van der Waals surface area (Å²) in [7, 11) is 0. The molecule has 6 nitrogen and oxygen atoms in total. The molecule has 0 saturated carbocycles. The number of hydrogen-bond acceptors (Lipinski definition) is 4. The second-order valence-electron chi connectivity index (χ2n) is 1.96. The Hall–Kier alpha value is -0.950. The maximum absolute atomic E-state index is 11.6. The number of hydrogen-bond donors (Lipinski definition) is 1. The summed E-state index contributed by atoms with van der Waals surface area (Å²) in [6.45, 7) is -13.2. The van der Waals surface area contributed by atoms with Crippen molar-refractivity contribution in [2.24, 2.45) is 4.40 Å². The molecule has 0 spiro atoms. The quantitative estimate of drug-likeness (QED) is 0.525. The fourth-order valence-electron chi connectivity index (χ4n) is 0.706. The number of amides is 1. The zero-order chi connectivity index (χ0) is 16.4. The first-order valence-corrected chi connectivity index (χ1v) is 4.17. The third-order valence-electron chi connectivity index (χ3n) is 1.18. The predicted molar refractivity (Wildman–Crippen MR) is 46.1 cm³/mol. The molecule has 2 heterocycles. The lowest BCUT2D eigenvalue weighted by Crippen LogP contribution is -2.44. The maximum atomic E-state index is 11.6. The van der Waals surface area contributed by atoms with E-state index in [0.717, 1.165) is 0 Å². The monoisotopic (exact) mass is 211 g/mol. The Balaban J connectivity index is 2.66. The van der Waals surface area contributed by atoms with Crippen LogP contribution in [0.2, 0.25) is 0 Å². The van der Waals surface area contributed by atoms with Crippen LogP contribution in [0.15, 0.2) is 4.40 Å². The lowest BCUT2D eigenvalue weighted by Gasteiger charge is -2.26. The Bertz CT molecular complexity index is 537. The zero-order valence-corrected chi connectivity index (χ0v) is 6.84. The van der Waals surface area contributed by atoms with Crippen LogP contribution in [0.1, 0.15) is 11.0 Å². The van der Waals surface area contributed by atoms with E-state index in [1.807, 2.05) is 0 Å². The number of morpholine rings is 1. The molecule has 1 fully saturated rings. The van der Waals surface area contributed by atoms with Gasteiger partial charge in [0.15, 0.2) is 0 Å². The number of carbonyl (C=O) groups is 1. The second-order valence-corrected chi connectivity index (χ2v) is 2.85. The van der Waals surface area contributed by atoms with Crippen molar-refractivity contribution in [3.8, 4) is 0 Å². The van der Waals surface area contributed by atoms with Crippen molar-refractivity contribution >= 4 is 22.9 Å². The van der Waals surface area contributed by atoms with Crippen molar-refractivity contribution in [3.05, 3.63) is 0 Å². The van der Waals surface area contributed by atoms with E-state index in [0.29, 0.717) is 0 Å². The van der Waals surface area contributed by atoms with E-state index in [2.05, 4.69) is 9.13 Å². The molecule has 1 saturated heterocycles. The van der Waals surface area contributed by atoms with E-state index < -0.39 is 49.0 Å². The minimum absolute atomic E-state index is 0.121. The highest BCUT2D eigenvalue weighted by Crippen LogP contribution is 2.04. The van der Waals surface area contributed by atoms with Crippen molar-refractivity contribution in [2.45, 2.75) is 0 Å². The Kier molecular flexibility index (Phi) is 0.875. The Labute approximate surface area is 88.9 Å². The molecule has 1 N–H and O–H groups in total. The van der Waals surface area contributed by atoms with Gasteiger partial charge in [-0.3, -0.25) is 4.79 Å². The topological polar surface area (TPSA) is 71.0 Å².